The molecule has 1 aromatic rings. The Labute approximate surface area is 87.6 Å². The number of para-hydroxylation sites is 1. The quantitative estimate of drug-likeness (QED) is 0.638. The molecule has 80 valence electrons. The van der Waals surface area contributed by atoms with Crippen molar-refractivity contribution < 1.29 is 15.0 Å². The highest BCUT2D eigenvalue weighted by atomic mass is 16.4. The molecule has 1 heterocycles. The van der Waals surface area contributed by atoms with E-state index in [9.17, 15) is 15.0 Å². The van der Waals surface area contributed by atoms with Crippen molar-refractivity contribution in [2.45, 2.75) is 25.0 Å². The van der Waals surface area contributed by atoms with Crippen molar-refractivity contribution in [1.82, 2.24) is 0 Å². The van der Waals surface area contributed by atoms with Gasteiger partial charge in [-0.15, -0.1) is 0 Å². The number of hydrogen-bond acceptors (Lipinski definition) is 3. The van der Waals surface area contributed by atoms with Gasteiger partial charge in [-0.05, 0) is 12.5 Å². The first kappa shape index (κ1) is 10.1. The number of rotatable bonds is 1. The molecule has 0 saturated heterocycles. The number of hydrogen-bond donors (Lipinski definition) is 3. The summed E-state index contributed by atoms with van der Waals surface area (Å²) in [5, 5.41) is 22.5. The number of benzene rings is 1. The molecule has 1 aliphatic rings. The first-order chi connectivity index (χ1) is 7.09. The van der Waals surface area contributed by atoms with Crippen LogP contribution in [0.1, 0.15) is 25.0 Å². The van der Waals surface area contributed by atoms with Crippen molar-refractivity contribution in [3.05, 3.63) is 29.8 Å². The Morgan fingerprint density at radius 1 is 1.47 bits per heavy atom. The van der Waals surface area contributed by atoms with Gasteiger partial charge in [-0.25, -0.2) is 0 Å². The van der Waals surface area contributed by atoms with E-state index in [1.54, 1.807) is 31.2 Å². The summed E-state index contributed by atoms with van der Waals surface area (Å²) < 4.78 is 0. The summed E-state index contributed by atoms with van der Waals surface area (Å²) in [5.74, 6) is -0.545. The average Bonchev–Trinajstić information content (AvgIpc) is 2.26. The van der Waals surface area contributed by atoms with E-state index < -0.39 is 17.6 Å². The van der Waals surface area contributed by atoms with Crippen molar-refractivity contribution in [1.29, 1.82) is 0 Å². The SMILES string of the molecule is CCC1(O)C(=O)Nc2ccccc2C1O. The van der Waals surface area contributed by atoms with Crippen LogP contribution < -0.4 is 5.32 Å². The maximum atomic E-state index is 11.6. The van der Waals surface area contributed by atoms with Gasteiger partial charge in [-0.2, -0.15) is 0 Å². The minimum atomic E-state index is -1.71. The van der Waals surface area contributed by atoms with Gasteiger partial charge >= 0.3 is 0 Å². The first-order valence-electron chi connectivity index (χ1n) is 4.90. The van der Waals surface area contributed by atoms with Crippen molar-refractivity contribution >= 4 is 11.6 Å². The van der Waals surface area contributed by atoms with Crippen molar-refractivity contribution in [3.63, 3.8) is 0 Å². The Morgan fingerprint density at radius 3 is 2.80 bits per heavy atom. The number of aliphatic hydroxyl groups excluding tert-OH is 1. The van der Waals surface area contributed by atoms with Gasteiger partial charge in [0.1, 0.15) is 6.10 Å². The van der Waals surface area contributed by atoms with Crippen LogP contribution in [0.4, 0.5) is 5.69 Å². The third-order valence-electron chi connectivity index (χ3n) is 2.89. The molecule has 0 aliphatic carbocycles. The van der Waals surface area contributed by atoms with Crippen molar-refractivity contribution in [2.75, 3.05) is 5.32 Å². The summed E-state index contributed by atoms with van der Waals surface area (Å²) in [7, 11) is 0. The molecule has 1 aromatic carbocycles. The summed E-state index contributed by atoms with van der Waals surface area (Å²) in [6, 6.07) is 6.92. The minimum Gasteiger partial charge on any atom is -0.385 e. The molecule has 0 spiro atoms. The second-order valence-corrected chi connectivity index (χ2v) is 3.72. The number of carbonyl (C=O) groups excluding carboxylic acids is 1. The minimum absolute atomic E-state index is 0.175. The van der Waals surface area contributed by atoms with Gasteiger partial charge < -0.3 is 15.5 Å². The van der Waals surface area contributed by atoms with Gasteiger partial charge in [0.2, 0.25) is 0 Å². The van der Waals surface area contributed by atoms with Crippen LogP contribution in [0.2, 0.25) is 0 Å². The molecule has 0 radical (unpaired) electrons. The highest BCUT2D eigenvalue weighted by Crippen LogP contribution is 2.38. The van der Waals surface area contributed by atoms with Crippen LogP contribution in [0.15, 0.2) is 24.3 Å². The van der Waals surface area contributed by atoms with E-state index in [2.05, 4.69) is 5.32 Å². The van der Waals surface area contributed by atoms with Crippen LogP contribution in [0, 0.1) is 0 Å². The molecule has 4 nitrogen and oxygen atoms in total. The fourth-order valence-electron chi connectivity index (χ4n) is 1.82. The van der Waals surface area contributed by atoms with E-state index in [-0.39, 0.29) is 6.42 Å². The van der Waals surface area contributed by atoms with E-state index in [4.69, 9.17) is 0 Å². The summed E-state index contributed by atoms with van der Waals surface area (Å²) in [4.78, 5) is 11.6. The van der Waals surface area contributed by atoms with Crippen LogP contribution in [-0.4, -0.2) is 21.7 Å². The van der Waals surface area contributed by atoms with Gasteiger partial charge in [0.25, 0.3) is 5.91 Å². The van der Waals surface area contributed by atoms with Crippen LogP contribution in [-0.2, 0) is 4.79 Å². The lowest BCUT2D eigenvalue weighted by molar-refractivity contribution is -0.150. The predicted molar refractivity (Wildman–Crippen MR) is 55.3 cm³/mol. The fourth-order valence-corrected chi connectivity index (χ4v) is 1.82. The molecule has 1 amide bonds. The first-order valence-corrected chi connectivity index (χ1v) is 4.90. The number of fused-ring (bicyclic) bond motifs is 1. The summed E-state index contributed by atoms with van der Waals surface area (Å²) in [6.45, 7) is 1.66. The topological polar surface area (TPSA) is 69.6 Å². The van der Waals surface area contributed by atoms with Crippen LogP contribution >= 0.6 is 0 Å². The molecule has 1 aliphatic heterocycles. The summed E-state index contributed by atoms with van der Waals surface area (Å²) >= 11 is 0. The molecule has 2 rings (SSSR count). The molecular formula is C11H13NO3. The lowest BCUT2D eigenvalue weighted by Gasteiger charge is -2.36. The third-order valence-corrected chi connectivity index (χ3v) is 2.89. The zero-order valence-corrected chi connectivity index (χ0v) is 8.40. The Morgan fingerprint density at radius 2 is 2.13 bits per heavy atom. The third kappa shape index (κ3) is 1.33. The molecule has 0 fully saturated rings. The molecule has 2 atom stereocenters. The monoisotopic (exact) mass is 207 g/mol. The number of aliphatic hydroxyl groups is 2. The molecule has 0 aromatic heterocycles. The van der Waals surface area contributed by atoms with E-state index in [1.165, 1.54) is 0 Å². The van der Waals surface area contributed by atoms with Gasteiger partial charge in [0, 0.05) is 11.3 Å². The van der Waals surface area contributed by atoms with Crippen LogP contribution in [0.25, 0.3) is 0 Å². The molecule has 3 N–H and O–H groups in total. The van der Waals surface area contributed by atoms with Gasteiger partial charge in [-0.1, -0.05) is 25.1 Å². The molecule has 4 heteroatoms. The summed E-state index contributed by atoms with van der Waals surface area (Å²) in [6.07, 6.45) is -0.985. The van der Waals surface area contributed by atoms with Crippen LogP contribution in [0.5, 0.6) is 0 Å². The van der Waals surface area contributed by atoms with E-state index in [0.717, 1.165) is 0 Å². The lowest BCUT2D eigenvalue weighted by atomic mass is 9.84. The predicted octanol–water partition coefficient (Wildman–Crippen LogP) is 0.813. The number of amides is 1. The standard InChI is InChI=1S/C11H13NO3/c1-2-11(15)9(13)7-5-3-4-6-8(7)12-10(11)14/h3-6,9,13,15H,2H2,1H3,(H,12,14). The Bertz CT molecular complexity index is 405. The van der Waals surface area contributed by atoms with Crippen molar-refractivity contribution in [3.8, 4) is 0 Å². The molecule has 2 unspecified atom stereocenters. The Kier molecular flexibility index (Phi) is 2.25. The number of nitrogens with one attached hydrogen (secondary N) is 1. The normalized spacial score (nSPS) is 29.5. The highest BCUT2D eigenvalue weighted by molar-refractivity contribution is 6.00. The van der Waals surface area contributed by atoms with Gasteiger partial charge in [0.05, 0.1) is 0 Å². The largest absolute Gasteiger partial charge is 0.385 e. The zero-order chi connectivity index (χ0) is 11.1. The number of carbonyl (C=O) groups is 1. The summed E-state index contributed by atoms with van der Waals surface area (Å²) in [5.41, 5.74) is -0.594. The van der Waals surface area contributed by atoms with Crippen molar-refractivity contribution in [2.24, 2.45) is 0 Å². The Balaban J connectivity index is 2.52. The highest BCUT2D eigenvalue weighted by Gasteiger charge is 2.46. The Hall–Kier alpha value is -1.39. The second-order valence-electron chi connectivity index (χ2n) is 3.72. The van der Waals surface area contributed by atoms with E-state index in [0.29, 0.717) is 11.3 Å². The lowest BCUT2D eigenvalue weighted by Crippen LogP contribution is -2.50. The average molecular weight is 207 g/mol. The van der Waals surface area contributed by atoms with Crippen LogP contribution in [0.3, 0.4) is 0 Å². The van der Waals surface area contributed by atoms with Gasteiger partial charge in [-0.3, -0.25) is 4.79 Å². The van der Waals surface area contributed by atoms with E-state index >= 15 is 0 Å². The molecule has 0 bridgehead atoms. The number of anilines is 1. The maximum absolute atomic E-state index is 11.6. The molecule has 15 heavy (non-hydrogen) atoms. The zero-order valence-electron chi connectivity index (χ0n) is 8.40. The fraction of sp³-hybridized carbons (Fsp3) is 0.364. The maximum Gasteiger partial charge on any atom is 0.259 e. The molecule has 0 saturated carbocycles. The second kappa shape index (κ2) is 3.32. The van der Waals surface area contributed by atoms with E-state index in [1.807, 2.05) is 0 Å². The van der Waals surface area contributed by atoms with Gasteiger partial charge in [0.15, 0.2) is 5.60 Å². The smallest absolute Gasteiger partial charge is 0.259 e. The molecular weight excluding hydrogens is 194 g/mol.